The van der Waals surface area contributed by atoms with Gasteiger partial charge in [-0.2, -0.15) is 0 Å². The topological polar surface area (TPSA) is 56.5 Å². The number of ketones is 1. The van der Waals surface area contributed by atoms with Crippen molar-refractivity contribution in [2.24, 2.45) is 0 Å². The third-order valence-electron chi connectivity index (χ3n) is 3.27. The number of nitrogens with zero attached hydrogens (tertiary/aromatic N) is 3. The maximum absolute atomic E-state index is 11.7. The van der Waals surface area contributed by atoms with Crippen molar-refractivity contribution in [1.29, 1.82) is 0 Å². The van der Waals surface area contributed by atoms with E-state index in [0.29, 0.717) is 17.9 Å². The predicted octanol–water partition coefficient (Wildman–Crippen LogP) is 2.82. The molecular formula is C16H15N3O2. The normalized spacial score (nSPS) is 10.8. The molecule has 0 fully saturated rings. The van der Waals surface area contributed by atoms with Crippen LogP contribution in [0.25, 0.3) is 5.65 Å². The fourth-order valence-corrected chi connectivity index (χ4v) is 2.21. The van der Waals surface area contributed by atoms with Gasteiger partial charge in [0.1, 0.15) is 18.0 Å². The first-order valence-corrected chi connectivity index (χ1v) is 6.66. The summed E-state index contributed by atoms with van der Waals surface area (Å²) < 4.78 is 7.71. The van der Waals surface area contributed by atoms with Gasteiger partial charge in [-0.1, -0.05) is 6.07 Å². The highest BCUT2D eigenvalue weighted by Gasteiger charge is 2.11. The molecule has 5 heteroatoms. The first-order valence-electron chi connectivity index (χ1n) is 6.66. The SMILES string of the molecule is CC(=O)c1cc(C)ncc1OCc1cccn2ccnc12. The fraction of sp³-hybridized carbons (Fsp3) is 0.188. The molecule has 3 rings (SSSR count). The highest BCUT2D eigenvalue weighted by Crippen LogP contribution is 2.21. The molecule has 0 bridgehead atoms. The zero-order valence-corrected chi connectivity index (χ0v) is 11.9. The van der Waals surface area contributed by atoms with E-state index >= 15 is 0 Å². The summed E-state index contributed by atoms with van der Waals surface area (Å²) in [7, 11) is 0. The van der Waals surface area contributed by atoms with Crippen LogP contribution in [0.2, 0.25) is 0 Å². The van der Waals surface area contributed by atoms with Crippen LogP contribution in [0.15, 0.2) is 43.0 Å². The molecule has 0 aliphatic carbocycles. The van der Waals surface area contributed by atoms with E-state index in [1.807, 2.05) is 35.9 Å². The lowest BCUT2D eigenvalue weighted by molar-refractivity contribution is 0.101. The monoisotopic (exact) mass is 281 g/mol. The second kappa shape index (κ2) is 5.36. The Hall–Kier alpha value is -2.69. The second-order valence-corrected chi connectivity index (χ2v) is 4.86. The van der Waals surface area contributed by atoms with Crippen LogP contribution < -0.4 is 4.74 Å². The highest BCUT2D eigenvalue weighted by atomic mass is 16.5. The molecule has 106 valence electrons. The van der Waals surface area contributed by atoms with Gasteiger partial charge in [-0.05, 0) is 26.0 Å². The Morgan fingerprint density at radius 3 is 3.00 bits per heavy atom. The summed E-state index contributed by atoms with van der Waals surface area (Å²) in [5, 5.41) is 0. The Balaban J connectivity index is 1.88. The summed E-state index contributed by atoms with van der Waals surface area (Å²) >= 11 is 0. The average molecular weight is 281 g/mol. The molecule has 3 aromatic heterocycles. The van der Waals surface area contributed by atoms with Gasteiger partial charge in [0.05, 0.1) is 11.8 Å². The number of imidazole rings is 1. The summed E-state index contributed by atoms with van der Waals surface area (Å²) in [4.78, 5) is 20.2. The number of rotatable bonds is 4. The van der Waals surface area contributed by atoms with Gasteiger partial charge in [0.25, 0.3) is 0 Å². The van der Waals surface area contributed by atoms with Gasteiger partial charge in [0, 0.05) is 29.8 Å². The Labute approximate surface area is 122 Å². The van der Waals surface area contributed by atoms with Gasteiger partial charge in [0.2, 0.25) is 0 Å². The van der Waals surface area contributed by atoms with E-state index in [1.165, 1.54) is 6.92 Å². The number of aryl methyl sites for hydroxylation is 1. The van der Waals surface area contributed by atoms with Crippen molar-refractivity contribution in [2.45, 2.75) is 20.5 Å². The third-order valence-corrected chi connectivity index (χ3v) is 3.27. The second-order valence-electron chi connectivity index (χ2n) is 4.86. The van der Waals surface area contributed by atoms with Crippen molar-refractivity contribution in [3.05, 3.63) is 59.8 Å². The Morgan fingerprint density at radius 2 is 2.19 bits per heavy atom. The number of hydrogen-bond acceptors (Lipinski definition) is 4. The van der Waals surface area contributed by atoms with Gasteiger partial charge in [-0.3, -0.25) is 9.78 Å². The summed E-state index contributed by atoms with van der Waals surface area (Å²) in [5.74, 6) is 0.469. The van der Waals surface area contributed by atoms with E-state index in [1.54, 1.807) is 18.5 Å². The minimum atomic E-state index is -0.0329. The molecule has 0 spiro atoms. The van der Waals surface area contributed by atoms with E-state index in [-0.39, 0.29) is 5.78 Å². The van der Waals surface area contributed by atoms with Crippen molar-refractivity contribution in [3.8, 4) is 5.75 Å². The van der Waals surface area contributed by atoms with E-state index in [4.69, 9.17) is 4.74 Å². The molecule has 21 heavy (non-hydrogen) atoms. The summed E-state index contributed by atoms with van der Waals surface area (Å²) in [6.45, 7) is 3.71. The minimum absolute atomic E-state index is 0.0329. The molecule has 0 saturated carbocycles. The Morgan fingerprint density at radius 1 is 1.33 bits per heavy atom. The Kier molecular flexibility index (Phi) is 3.39. The number of ether oxygens (including phenoxy) is 1. The zero-order valence-electron chi connectivity index (χ0n) is 11.9. The van der Waals surface area contributed by atoms with E-state index in [2.05, 4.69) is 9.97 Å². The Bertz CT molecular complexity index is 808. The molecule has 0 N–H and O–H groups in total. The van der Waals surface area contributed by atoms with Crippen LogP contribution in [0.5, 0.6) is 5.75 Å². The lowest BCUT2D eigenvalue weighted by atomic mass is 10.1. The largest absolute Gasteiger partial charge is 0.486 e. The van der Waals surface area contributed by atoms with Gasteiger partial charge in [-0.15, -0.1) is 0 Å². The van der Waals surface area contributed by atoms with Crippen LogP contribution in [0.4, 0.5) is 0 Å². The molecule has 0 unspecified atom stereocenters. The number of carbonyl (C=O) groups is 1. The van der Waals surface area contributed by atoms with Gasteiger partial charge in [-0.25, -0.2) is 4.98 Å². The lowest BCUT2D eigenvalue weighted by Gasteiger charge is -2.10. The van der Waals surface area contributed by atoms with Crippen LogP contribution in [-0.4, -0.2) is 20.2 Å². The van der Waals surface area contributed by atoms with Gasteiger partial charge in [0.15, 0.2) is 5.78 Å². The zero-order chi connectivity index (χ0) is 14.8. The van der Waals surface area contributed by atoms with Crippen molar-refractivity contribution in [3.63, 3.8) is 0 Å². The molecule has 0 aromatic carbocycles. The fourth-order valence-electron chi connectivity index (χ4n) is 2.21. The van der Waals surface area contributed by atoms with Crippen LogP contribution in [0.3, 0.4) is 0 Å². The predicted molar refractivity (Wildman–Crippen MR) is 78.5 cm³/mol. The van der Waals surface area contributed by atoms with Crippen LogP contribution in [0.1, 0.15) is 28.5 Å². The number of hydrogen-bond donors (Lipinski definition) is 0. The lowest BCUT2D eigenvalue weighted by Crippen LogP contribution is -2.04. The quantitative estimate of drug-likeness (QED) is 0.690. The van der Waals surface area contributed by atoms with E-state index in [0.717, 1.165) is 16.9 Å². The van der Waals surface area contributed by atoms with Gasteiger partial charge < -0.3 is 9.14 Å². The maximum atomic E-state index is 11.7. The minimum Gasteiger partial charge on any atom is -0.486 e. The average Bonchev–Trinajstić information content (AvgIpc) is 2.94. The molecular weight excluding hydrogens is 266 g/mol. The number of pyridine rings is 2. The molecule has 0 aliphatic rings. The standard InChI is InChI=1S/C16H15N3O2/c1-11-8-14(12(2)20)15(9-18-11)21-10-13-4-3-6-19-7-5-17-16(13)19/h3-9H,10H2,1-2H3. The number of carbonyl (C=O) groups excluding carboxylic acids is 1. The smallest absolute Gasteiger partial charge is 0.163 e. The first kappa shape index (κ1) is 13.3. The highest BCUT2D eigenvalue weighted by molar-refractivity contribution is 5.96. The van der Waals surface area contributed by atoms with E-state index in [9.17, 15) is 4.79 Å². The molecule has 5 nitrogen and oxygen atoms in total. The number of aromatic nitrogens is 3. The van der Waals surface area contributed by atoms with Crippen molar-refractivity contribution >= 4 is 11.4 Å². The maximum Gasteiger partial charge on any atom is 0.163 e. The molecule has 0 saturated heterocycles. The van der Waals surface area contributed by atoms with Crippen molar-refractivity contribution in [2.75, 3.05) is 0 Å². The molecule has 0 radical (unpaired) electrons. The summed E-state index contributed by atoms with van der Waals surface area (Å²) in [6, 6.07) is 5.64. The van der Waals surface area contributed by atoms with Crippen molar-refractivity contribution < 1.29 is 9.53 Å². The number of Topliss-reactive ketones (excluding diaryl/α,β-unsaturated/α-hetero) is 1. The third kappa shape index (κ3) is 2.63. The molecule has 3 heterocycles. The molecule has 0 amide bonds. The van der Waals surface area contributed by atoms with Crippen LogP contribution >= 0.6 is 0 Å². The first-order chi connectivity index (χ1) is 10.1. The van der Waals surface area contributed by atoms with Crippen molar-refractivity contribution in [1.82, 2.24) is 14.4 Å². The van der Waals surface area contributed by atoms with Gasteiger partial charge >= 0.3 is 0 Å². The van der Waals surface area contributed by atoms with Crippen LogP contribution in [0, 0.1) is 6.92 Å². The van der Waals surface area contributed by atoms with Crippen LogP contribution in [-0.2, 0) is 6.61 Å². The molecule has 3 aromatic rings. The molecule has 0 atom stereocenters. The van der Waals surface area contributed by atoms with E-state index < -0.39 is 0 Å². The summed E-state index contributed by atoms with van der Waals surface area (Å²) in [5.41, 5.74) is 3.15. The molecule has 0 aliphatic heterocycles. The number of fused-ring (bicyclic) bond motifs is 1. The summed E-state index contributed by atoms with van der Waals surface area (Å²) in [6.07, 6.45) is 7.15.